The Morgan fingerprint density at radius 1 is 1.24 bits per heavy atom. The third-order valence-corrected chi connectivity index (χ3v) is 6.70. The minimum absolute atomic E-state index is 0.0162. The Hall–Kier alpha value is -4.64. The number of carbonyl (C=O) groups excluding carboxylic acids is 2. The first kappa shape index (κ1) is 30.9. The highest BCUT2D eigenvalue weighted by molar-refractivity contribution is 7.18. The van der Waals surface area contributed by atoms with E-state index in [2.05, 4.69) is 17.4 Å². The summed E-state index contributed by atoms with van der Waals surface area (Å²) in [4.78, 5) is 35.6. The lowest BCUT2D eigenvalue weighted by Crippen LogP contribution is -2.27. The molecule has 0 aliphatic rings. The van der Waals surface area contributed by atoms with Crippen molar-refractivity contribution in [2.75, 3.05) is 12.4 Å². The van der Waals surface area contributed by atoms with Gasteiger partial charge >= 0.3 is 18.1 Å². The van der Waals surface area contributed by atoms with E-state index in [1.54, 1.807) is 0 Å². The Bertz CT molecular complexity index is 1470. The highest BCUT2D eigenvalue weighted by atomic mass is 32.1. The van der Waals surface area contributed by atoms with E-state index in [0.29, 0.717) is 5.56 Å². The summed E-state index contributed by atoms with van der Waals surface area (Å²) in [7, 11) is 1.11. The number of ether oxygens (including phenoxy) is 3. The maximum absolute atomic E-state index is 13.5. The zero-order valence-corrected chi connectivity index (χ0v) is 23.0. The summed E-state index contributed by atoms with van der Waals surface area (Å²) >= 11 is 0.801. The molecule has 0 aliphatic heterocycles. The number of anilines is 2. The van der Waals surface area contributed by atoms with Gasteiger partial charge in [0, 0.05) is 18.3 Å². The van der Waals surface area contributed by atoms with Crippen molar-refractivity contribution in [3.8, 4) is 5.75 Å². The van der Waals surface area contributed by atoms with Gasteiger partial charge in [-0.15, -0.1) is 11.3 Å². The van der Waals surface area contributed by atoms with Crippen molar-refractivity contribution in [1.82, 2.24) is 0 Å². The number of rotatable bonds is 11. The molecule has 2 aromatic carbocycles. The van der Waals surface area contributed by atoms with E-state index in [1.807, 2.05) is 0 Å². The summed E-state index contributed by atoms with van der Waals surface area (Å²) in [5.41, 5.74) is -2.44. The minimum atomic E-state index is -4.68. The topological polar surface area (TPSA) is 141 Å². The van der Waals surface area contributed by atoms with Crippen LogP contribution in [0, 0.1) is 33.1 Å². The molecule has 0 aliphatic carbocycles. The number of nitro groups is 1. The first-order valence-corrected chi connectivity index (χ1v) is 12.6. The predicted octanol–water partition coefficient (Wildman–Crippen LogP) is 6.66. The van der Waals surface area contributed by atoms with Gasteiger partial charge in [0.25, 0.3) is 5.69 Å². The number of alkyl halides is 3. The number of benzene rings is 1. The molecule has 216 valence electrons. The van der Waals surface area contributed by atoms with Gasteiger partial charge in [0.2, 0.25) is 0 Å². The molecule has 0 radical (unpaired) electrons. The van der Waals surface area contributed by atoms with Crippen LogP contribution in [0.5, 0.6) is 5.75 Å². The van der Waals surface area contributed by atoms with Gasteiger partial charge in [-0.2, -0.15) is 13.2 Å². The number of thiophene rings is 1. The molecule has 1 aromatic heterocycles. The van der Waals surface area contributed by atoms with Crippen LogP contribution in [0.15, 0.2) is 36.4 Å². The Balaban J connectivity index is 1.93. The summed E-state index contributed by atoms with van der Waals surface area (Å²) in [5.74, 6) is -1.63. The highest BCUT2D eigenvalue weighted by Crippen LogP contribution is 2.41. The number of nitro benzene ring substituents is 1. The van der Waals surface area contributed by atoms with Gasteiger partial charge in [0.1, 0.15) is 24.1 Å². The first-order valence-electron chi connectivity index (χ1n) is 11.8. The first-order chi connectivity index (χ1) is 19.2. The molecule has 3 rings (SSSR count). The second-order valence-corrected chi connectivity index (χ2v) is 10.2. The Morgan fingerprint density at radius 2 is 1.95 bits per heavy atom. The fourth-order valence-electron chi connectivity index (χ4n) is 3.44. The van der Waals surface area contributed by atoms with Gasteiger partial charge in [0.15, 0.2) is 4.88 Å². The molecule has 1 heterocycles. The molecule has 0 fully saturated rings. The molecule has 0 saturated heterocycles. The van der Waals surface area contributed by atoms with E-state index in [1.165, 1.54) is 45.0 Å². The molecular formula is C27H24F3N3O7S. The second kappa shape index (κ2) is 12.3. The van der Waals surface area contributed by atoms with Gasteiger partial charge in [-0.25, -0.2) is 4.79 Å². The lowest BCUT2D eigenvalue weighted by atomic mass is 9.96. The van der Waals surface area contributed by atoms with Crippen molar-refractivity contribution in [3.05, 3.63) is 80.2 Å². The summed E-state index contributed by atoms with van der Waals surface area (Å²) in [6, 6.07) is 12.0. The molecular weight excluding hydrogens is 567 g/mol. The van der Waals surface area contributed by atoms with Crippen LogP contribution in [0.2, 0.25) is 0 Å². The molecule has 0 saturated carbocycles. The van der Waals surface area contributed by atoms with Crippen LogP contribution in [-0.2, 0) is 27.1 Å². The third kappa shape index (κ3) is 7.31. The van der Waals surface area contributed by atoms with E-state index in [0.717, 1.165) is 36.8 Å². The Labute approximate surface area is 236 Å². The van der Waals surface area contributed by atoms with Crippen LogP contribution in [0.4, 0.5) is 29.5 Å². The molecule has 3 aromatic rings. The lowest BCUT2D eigenvalue weighted by molar-refractivity contribution is -0.383. The molecule has 0 unspecified atom stereocenters. The van der Waals surface area contributed by atoms with E-state index >= 15 is 0 Å². The van der Waals surface area contributed by atoms with Crippen molar-refractivity contribution in [3.63, 3.8) is 0 Å². The quantitative estimate of drug-likeness (QED) is 0.109. The van der Waals surface area contributed by atoms with Gasteiger partial charge < -0.3 is 24.9 Å². The van der Waals surface area contributed by atoms with Gasteiger partial charge in [-0.3, -0.25) is 14.9 Å². The van der Waals surface area contributed by atoms with Crippen LogP contribution in [0.3, 0.4) is 0 Å². The SMILES string of the molecule is COC(=O)c1sc(Nc2cc(COC(=O)C(C)(C)C=N)ccc2[N+](=O)[O-])cc1O[C@H](C)c1c#cccc1C(F)(F)F. The lowest BCUT2D eigenvalue weighted by Gasteiger charge is -2.17. The highest BCUT2D eigenvalue weighted by Gasteiger charge is 2.35. The molecule has 41 heavy (non-hydrogen) atoms. The fourth-order valence-corrected chi connectivity index (χ4v) is 4.36. The van der Waals surface area contributed by atoms with Crippen molar-refractivity contribution >= 4 is 45.9 Å². The Kier molecular flexibility index (Phi) is 9.24. The zero-order chi connectivity index (χ0) is 30.5. The van der Waals surface area contributed by atoms with E-state index < -0.39 is 40.1 Å². The molecule has 2 N–H and O–H groups in total. The molecule has 0 spiro atoms. The van der Waals surface area contributed by atoms with E-state index in [-0.39, 0.29) is 39.2 Å². The van der Waals surface area contributed by atoms with Crippen molar-refractivity contribution in [1.29, 1.82) is 5.41 Å². The van der Waals surface area contributed by atoms with Crippen molar-refractivity contribution in [2.24, 2.45) is 5.41 Å². The third-order valence-electron chi connectivity index (χ3n) is 5.69. The molecule has 0 amide bonds. The molecule has 14 heteroatoms. The smallest absolute Gasteiger partial charge is 0.417 e. The summed E-state index contributed by atoms with van der Waals surface area (Å²) in [6.45, 7) is 4.10. The van der Waals surface area contributed by atoms with Crippen LogP contribution >= 0.6 is 11.3 Å². The summed E-state index contributed by atoms with van der Waals surface area (Å²) < 4.78 is 56.2. The number of hydrogen-bond acceptors (Lipinski definition) is 10. The van der Waals surface area contributed by atoms with Gasteiger partial charge in [-0.05, 0) is 50.6 Å². The summed E-state index contributed by atoms with van der Waals surface area (Å²) in [5, 5.41) is 22.0. The number of esters is 2. The number of halogens is 3. The molecule has 10 nitrogen and oxygen atoms in total. The fraction of sp³-hybridized carbons (Fsp3) is 0.296. The number of carbonyl (C=O) groups is 2. The molecule has 0 bridgehead atoms. The molecule has 1 atom stereocenters. The normalized spacial score (nSPS) is 12.1. The predicted molar refractivity (Wildman–Crippen MR) is 143 cm³/mol. The minimum Gasteiger partial charge on any atom is -0.483 e. The largest absolute Gasteiger partial charge is 0.483 e. The Morgan fingerprint density at radius 3 is 2.56 bits per heavy atom. The maximum atomic E-state index is 13.5. The second-order valence-electron chi connectivity index (χ2n) is 9.16. The van der Waals surface area contributed by atoms with Gasteiger partial charge in [-0.1, -0.05) is 12.1 Å². The average molecular weight is 592 g/mol. The van der Waals surface area contributed by atoms with E-state index in [4.69, 9.17) is 19.6 Å². The van der Waals surface area contributed by atoms with Crippen molar-refractivity contribution in [2.45, 2.75) is 39.7 Å². The zero-order valence-electron chi connectivity index (χ0n) is 22.2. The van der Waals surface area contributed by atoms with Crippen LogP contribution < -0.4 is 10.1 Å². The number of methoxy groups -OCH3 is 1. The summed E-state index contributed by atoms with van der Waals surface area (Å²) in [6.07, 6.45) is -4.96. The van der Waals surface area contributed by atoms with Crippen LogP contribution in [0.1, 0.15) is 53.2 Å². The maximum Gasteiger partial charge on any atom is 0.417 e. The number of nitrogens with one attached hydrogen (secondary N) is 2. The van der Waals surface area contributed by atoms with Crippen molar-refractivity contribution < 1.29 is 41.9 Å². The van der Waals surface area contributed by atoms with Gasteiger partial charge in [0.05, 0.1) is 33.6 Å². The standard InChI is InChI=1S/C27H24F3N3O7S/c1-15(17-7-5-6-8-18(17)27(28,29)30)40-21-12-22(41-23(21)24(34)38-4)32-19-11-16(9-10-20(19)33(36)37)13-39-25(35)26(2,3)14-31/h6,8-12,14-15,31-32H,13H2,1-4H3/t15-/m1/s1. The van der Waals surface area contributed by atoms with Crippen LogP contribution in [-0.4, -0.2) is 30.2 Å². The van der Waals surface area contributed by atoms with Crippen LogP contribution in [0.25, 0.3) is 0 Å². The monoisotopic (exact) mass is 591 g/mol. The average Bonchev–Trinajstić information content (AvgIpc) is 3.32. The van der Waals surface area contributed by atoms with E-state index in [9.17, 15) is 32.9 Å². The number of hydrogen-bond donors (Lipinski definition) is 2. The number of nitrogens with zero attached hydrogens (tertiary/aromatic N) is 1.